The quantitative estimate of drug-likeness (QED) is 0.732. The minimum Gasteiger partial charge on any atom is -0.289 e. The Labute approximate surface area is 100 Å². The van der Waals surface area contributed by atoms with Crippen LogP contribution in [0.25, 0.3) is 0 Å². The number of hydrogen-bond donors (Lipinski definition) is 0. The van der Waals surface area contributed by atoms with Crippen molar-refractivity contribution in [3.63, 3.8) is 0 Å². The average molecular weight is 286 g/mol. The van der Waals surface area contributed by atoms with E-state index in [0.29, 0.717) is 16.7 Å². The number of Topliss-reactive ketones (excluding diaryl/α,β-unsaturated/α-hetero) is 2. The molecule has 1 aliphatic rings. The van der Waals surface area contributed by atoms with Crippen LogP contribution < -0.4 is 0 Å². The number of ketones is 2. The Balaban J connectivity index is 2.73. The molecule has 0 radical (unpaired) electrons. The number of rotatable bonds is 0. The van der Waals surface area contributed by atoms with E-state index < -0.39 is 0 Å². The van der Waals surface area contributed by atoms with Crippen LogP contribution in [0.3, 0.4) is 0 Å². The SMILES string of the molecule is CC1=C(Cl)C(=O)c2cc(Br)ccc2C1=O. The zero-order chi connectivity index (χ0) is 11.2. The Bertz CT molecular complexity index is 517. The molecule has 1 aromatic carbocycles. The fraction of sp³-hybridized carbons (Fsp3) is 0.0909. The van der Waals surface area contributed by atoms with Crippen molar-refractivity contribution in [1.29, 1.82) is 0 Å². The van der Waals surface area contributed by atoms with Gasteiger partial charge in [-0.05, 0) is 25.1 Å². The molecule has 0 amide bonds. The molecule has 0 atom stereocenters. The van der Waals surface area contributed by atoms with Gasteiger partial charge < -0.3 is 0 Å². The first-order chi connectivity index (χ1) is 7.02. The lowest BCUT2D eigenvalue weighted by Crippen LogP contribution is -2.18. The number of fused-ring (bicyclic) bond motifs is 1. The van der Waals surface area contributed by atoms with Crippen LogP contribution in [0.4, 0.5) is 0 Å². The molecule has 0 heterocycles. The maximum absolute atomic E-state index is 11.8. The molecule has 2 nitrogen and oxygen atoms in total. The van der Waals surface area contributed by atoms with Crippen LogP contribution in [0.1, 0.15) is 27.6 Å². The first kappa shape index (κ1) is 10.6. The third-order valence-electron chi connectivity index (χ3n) is 2.34. The van der Waals surface area contributed by atoms with Gasteiger partial charge in [-0.2, -0.15) is 0 Å². The van der Waals surface area contributed by atoms with Crippen LogP contribution in [0.2, 0.25) is 0 Å². The van der Waals surface area contributed by atoms with Crippen molar-refractivity contribution in [2.45, 2.75) is 6.92 Å². The first-order valence-corrected chi connectivity index (χ1v) is 5.45. The first-order valence-electron chi connectivity index (χ1n) is 4.27. The van der Waals surface area contributed by atoms with Crippen LogP contribution >= 0.6 is 27.5 Å². The fourth-order valence-electron chi connectivity index (χ4n) is 1.49. The Morgan fingerprint density at radius 2 is 1.80 bits per heavy atom. The number of carbonyl (C=O) groups excluding carboxylic acids is 2. The Kier molecular flexibility index (Phi) is 2.52. The number of benzene rings is 1. The zero-order valence-electron chi connectivity index (χ0n) is 7.80. The molecule has 2 rings (SSSR count). The topological polar surface area (TPSA) is 34.1 Å². The maximum Gasteiger partial charge on any atom is 0.205 e. The monoisotopic (exact) mass is 284 g/mol. The van der Waals surface area contributed by atoms with E-state index in [0.717, 1.165) is 4.47 Å². The summed E-state index contributed by atoms with van der Waals surface area (Å²) in [5.74, 6) is -0.466. The van der Waals surface area contributed by atoms with E-state index in [9.17, 15) is 9.59 Å². The molecule has 4 heteroatoms. The van der Waals surface area contributed by atoms with Gasteiger partial charge in [0.05, 0.1) is 5.03 Å². The number of hydrogen-bond acceptors (Lipinski definition) is 2. The van der Waals surface area contributed by atoms with Gasteiger partial charge in [0.15, 0.2) is 5.78 Å². The Hall–Kier alpha value is -0.930. The van der Waals surface area contributed by atoms with E-state index in [1.54, 1.807) is 25.1 Å². The average Bonchev–Trinajstić information content (AvgIpc) is 2.23. The van der Waals surface area contributed by atoms with Crippen molar-refractivity contribution in [1.82, 2.24) is 0 Å². The molecule has 0 unspecified atom stereocenters. The van der Waals surface area contributed by atoms with Crippen LogP contribution in [-0.4, -0.2) is 11.6 Å². The van der Waals surface area contributed by atoms with Crippen molar-refractivity contribution in [2.75, 3.05) is 0 Å². The predicted molar refractivity (Wildman–Crippen MR) is 61.4 cm³/mol. The maximum atomic E-state index is 11.8. The van der Waals surface area contributed by atoms with Crippen molar-refractivity contribution in [2.24, 2.45) is 0 Å². The molecule has 1 aliphatic carbocycles. The van der Waals surface area contributed by atoms with E-state index in [1.807, 2.05) is 0 Å². The van der Waals surface area contributed by atoms with E-state index in [4.69, 9.17) is 11.6 Å². The summed E-state index contributed by atoms with van der Waals surface area (Å²) in [6.07, 6.45) is 0. The molecule has 0 bridgehead atoms. The second kappa shape index (κ2) is 3.58. The molecule has 0 spiro atoms. The van der Waals surface area contributed by atoms with Gasteiger partial charge >= 0.3 is 0 Å². The number of carbonyl (C=O) groups is 2. The van der Waals surface area contributed by atoms with Crippen LogP contribution in [0, 0.1) is 0 Å². The summed E-state index contributed by atoms with van der Waals surface area (Å²) in [4.78, 5) is 23.5. The highest BCUT2D eigenvalue weighted by atomic mass is 79.9. The van der Waals surface area contributed by atoms with E-state index in [1.165, 1.54) is 0 Å². The normalized spacial score (nSPS) is 15.7. The largest absolute Gasteiger partial charge is 0.289 e. The Morgan fingerprint density at radius 1 is 1.13 bits per heavy atom. The molecule has 0 fully saturated rings. The van der Waals surface area contributed by atoms with Gasteiger partial charge in [-0.1, -0.05) is 27.5 Å². The van der Waals surface area contributed by atoms with E-state index in [2.05, 4.69) is 15.9 Å². The molecule has 0 aromatic heterocycles. The summed E-state index contributed by atoms with van der Waals surface area (Å²) in [5, 5.41) is 0.0191. The summed E-state index contributed by atoms with van der Waals surface area (Å²) in [6, 6.07) is 4.98. The minimum absolute atomic E-state index is 0.0191. The zero-order valence-corrected chi connectivity index (χ0v) is 10.1. The van der Waals surface area contributed by atoms with Crippen LogP contribution in [0.15, 0.2) is 33.3 Å². The van der Waals surface area contributed by atoms with Crippen molar-refractivity contribution in [3.8, 4) is 0 Å². The Morgan fingerprint density at radius 3 is 2.47 bits per heavy atom. The molecule has 0 N–H and O–H groups in total. The third kappa shape index (κ3) is 1.56. The molecular formula is C11H6BrClO2. The highest BCUT2D eigenvalue weighted by Gasteiger charge is 2.28. The van der Waals surface area contributed by atoms with Crippen LogP contribution in [-0.2, 0) is 0 Å². The molecular weight excluding hydrogens is 279 g/mol. The summed E-state index contributed by atoms with van der Waals surface area (Å²) in [5.41, 5.74) is 1.10. The summed E-state index contributed by atoms with van der Waals surface area (Å²) in [6.45, 7) is 1.56. The van der Waals surface area contributed by atoms with E-state index in [-0.39, 0.29) is 16.6 Å². The molecule has 0 saturated carbocycles. The van der Waals surface area contributed by atoms with Crippen molar-refractivity contribution >= 4 is 39.1 Å². The highest BCUT2D eigenvalue weighted by molar-refractivity contribution is 9.10. The van der Waals surface area contributed by atoms with Gasteiger partial charge in [-0.25, -0.2) is 0 Å². The van der Waals surface area contributed by atoms with Gasteiger partial charge in [-0.3, -0.25) is 9.59 Å². The van der Waals surface area contributed by atoms with Gasteiger partial charge in [0, 0.05) is 21.2 Å². The standard InChI is InChI=1S/C11H6BrClO2/c1-5-9(13)11(15)8-4-6(12)2-3-7(8)10(5)14/h2-4H,1H3. The lowest BCUT2D eigenvalue weighted by molar-refractivity contribution is 0.0981. The number of halogens is 2. The van der Waals surface area contributed by atoms with Crippen molar-refractivity contribution in [3.05, 3.63) is 44.4 Å². The molecule has 15 heavy (non-hydrogen) atoms. The minimum atomic E-state index is -0.287. The molecule has 0 aliphatic heterocycles. The van der Waals surface area contributed by atoms with Gasteiger partial charge in [0.2, 0.25) is 5.78 Å². The molecule has 1 aromatic rings. The third-order valence-corrected chi connectivity index (χ3v) is 3.29. The number of allylic oxidation sites excluding steroid dienone is 2. The lowest BCUT2D eigenvalue weighted by Gasteiger charge is -2.15. The summed E-state index contributed by atoms with van der Waals surface area (Å²) >= 11 is 9.04. The second-order valence-corrected chi connectivity index (χ2v) is 4.58. The molecule has 0 saturated heterocycles. The highest BCUT2D eigenvalue weighted by Crippen LogP contribution is 2.29. The smallest absolute Gasteiger partial charge is 0.205 e. The van der Waals surface area contributed by atoms with Gasteiger partial charge in [-0.15, -0.1) is 0 Å². The van der Waals surface area contributed by atoms with Gasteiger partial charge in [0.1, 0.15) is 0 Å². The fourth-order valence-corrected chi connectivity index (χ4v) is 2.04. The second-order valence-electron chi connectivity index (χ2n) is 3.29. The van der Waals surface area contributed by atoms with Gasteiger partial charge in [0.25, 0.3) is 0 Å². The lowest BCUT2D eigenvalue weighted by atomic mass is 9.90. The summed E-state index contributed by atoms with van der Waals surface area (Å²) < 4.78 is 0.756. The summed E-state index contributed by atoms with van der Waals surface area (Å²) in [7, 11) is 0. The molecule has 76 valence electrons. The van der Waals surface area contributed by atoms with Crippen molar-refractivity contribution < 1.29 is 9.59 Å². The predicted octanol–water partition coefficient (Wildman–Crippen LogP) is 3.34. The van der Waals surface area contributed by atoms with E-state index >= 15 is 0 Å². The van der Waals surface area contributed by atoms with Crippen LogP contribution in [0.5, 0.6) is 0 Å².